The van der Waals surface area contributed by atoms with E-state index in [-0.39, 0.29) is 36.9 Å². The number of rotatable bonds is 19. The summed E-state index contributed by atoms with van der Waals surface area (Å²) >= 11 is 0. The smallest absolute Gasteiger partial charge is 0.407 e. The predicted molar refractivity (Wildman–Crippen MR) is 259 cm³/mol. The summed E-state index contributed by atoms with van der Waals surface area (Å²) in [6.07, 6.45) is 0.996. The zero-order chi connectivity index (χ0) is 49.3. The van der Waals surface area contributed by atoms with Crippen molar-refractivity contribution in [3.8, 4) is 11.1 Å². The number of hydrogen-bond donors (Lipinski definition) is 5. The van der Waals surface area contributed by atoms with Crippen LogP contribution in [0.5, 0.6) is 0 Å². The van der Waals surface area contributed by atoms with Crippen LogP contribution in [0.25, 0.3) is 11.1 Å². The van der Waals surface area contributed by atoms with Crippen LogP contribution in [0.4, 0.5) is 10.5 Å². The van der Waals surface area contributed by atoms with E-state index in [2.05, 4.69) is 38.7 Å². The molecule has 0 fully saturated rings. The summed E-state index contributed by atoms with van der Waals surface area (Å²) in [5, 5.41) is 14.5. The third-order valence-corrected chi connectivity index (χ3v) is 12.4. The number of nitrogens with one attached hydrogen (secondary N) is 5. The van der Waals surface area contributed by atoms with Crippen molar-refractivity contribution in [1.82, 2.24) is 26.2 Å². The molecule has 1 aliphatic rings. The van der Waals surface area contributed by atoms with Gasteiger partial charge in [-0.05, 0) is 85.0 Å². The Hall–Kier alpha value is -6.02. The van der Waals surface area contributed by atoms with E-state index in [1.807, 2.05) is 90.9 Å². The lowest BCUT2D eigenvalue weighted by atomic mass is 9.76. The van der Waals surface area contributed by atoms with Crippen LogP contribution in [0, 0.1) is 17.3 Å². The molecule has 14 nitrogen and oxygen atoms in total. The maximum absolute atomic E-state index is 14.3. The quantitative estimate of drug-likeness (QED) is 0.0620. The second kappa shape index (κ2) is 22.4. The SMILES string of the molecule is CCOC(=O)/C(C)=C/[C@H](C(C)C)N(C)C(=O)[C@@H](NC(=O)C(NC)C(C)(C)c1cccc(NC(=O)[C@H](C)NC(=O)[C@@H](NC(=O)OCC2c3ccccc3-c3ccccc32)C(C)C)c1)C(C)(C)C. The van der Waals surface area contributed by atoms with Gasteiger partial charge in [-0.25, -0.2) is 9.59 Å². The molecule has 66 heavy (non-hydrogen) atoms. The van der Waals surface area contributed by atoms with Crippen molar-refractivity contribution >= 4 is 41.4 Å². The second-order valence-electron chi connectivity index (χ2n) is 19.5. The molecule has 0 aromatic heterocycles. The van der Waals surface area contributed by atoms with Gasteiger partial charge in [0.25, 0.3) is 0 Å². The van der Waals surface area contributed by atoms with Gasteiger partial charge in [0.2, 0.25) is 23.6 Å². The third kappa shape index (κ3) is 12.7. The third-order valence-electron chi connectivity index (χ3n) is 12.4. The van der Waals surface area contributed by atoms with Gasteiger partial charge < -0.3 is 41.0 Å². The maximum atomic E-state index is 14.3. The summed E-state index contributed by atoms with van der Waals surface area (Å²) < 4.78 is 10.9. The summed E-state index contributed by atoms with van der Waals surface area (Å²) in [5.74, 6) is -2.72. The fourth-order valence-electron chi connectivity index (χ4n) is 8.45. The van der Waals surface area contributed by atoms with E-state index in [9.17, 15) is 28.8 Å². The topological polar surface area (TPSA) is 184 Å². The van der Waals surface area contributed by atoms with E-state index in [4.69, 9.17) is 9.47 Å². The van der Waals surface area contributed by atoms with Crippen LogP contribution in [0.15, 0.2) is 84.4 Å². The molecule has 0 radical (unpaired) electrons. The Bertz CT molecular complexity index is 2220. The van der Waals surface area contributed by atoms with E-state index < -0.39 is 70.8 Å². The van der Waals surface area contributed by atoms with Gasteiger partial charge in [-0.15, -0.1) is 0 Å². The average Bonchev–Trinajstić information content (AvgIpc) is 3.58. The number of benzene rings is 3. The summed E-state index contributed by atoms with van der Waals surface area (Å²) in [6, 6.07) is 19.0. The first-order valence-electron chi connectivity index (χ1n) is 22.9. The molecule has 14 heteroatoms. The van der Waals surface area contributed by atoms with E-state index in [0.717, 1.165) is 22.3 Å². The van der Waals surface area contributed by atoms with E-state index in [1.165, 1.54) is 0 Å². The lowest BCUT2D eigenvalue weighted by Crippen LogP contribution is -2.61. The van der Waals surface area contributed by atoms with Gasteiger partial charge in [0.1, 0.15) is 24.7 Å². The van der Waals surface area contributed by atoms with Crippen LogP contribution < -0.4 is 26.6 Å². The molecule has 5 N–H and O–H groups in total. The van der Waals surface area contributed by atoms with Gasteiger partial charge >= 0.3 is 12.1 Å². The van der Waals surface area contributed by atoms with Crippen LogP contribution in [0.2, 0.25) is 0 Å². The van der Waals surface area contributed by atoms with Crippen molar-refractivity contribution in [2.75, 3.05) is 32.6 Å². The molecule has 5 amide bonds. The first-order valence-corrected chi connectivity index (χ1v) is 22.9. The molecular weight excluding hydrogens is 837 g/mol. The molecule has 5 atom stereocenters. The molecule has 0 spiro atoms. The summed E-state index contributed by atoms with van der Waals surface area (Å²) in [4.78, 5) is 82.8. The number of carbonyl (C=O) groups is 6. The lowest BCUT2D eigenvalue weighted by molar-refractivity contribution is -0.141. The highest BCUT2D eigenvalue weighted by molar-refractivity contribution is 5.98. The van der Waals surface area contributed by atoms with E-state index in [0.29, 0.717) is 16.8 Å². The van der Waals surface area contributed by atoms with Gasteiger partial charge in [0.15, 0.2) is 0 Å². The monoisotopic (exact) mass is 909 g/mol. The van der Waals surface area contributed by atoms with Gasteiger partial charge in [-0.3, -0.25) is 19.2 Å². The Kier molecular flexibility index (Phi) is 17.9. The Morgan fingerprint density at radius 2 is 1.32 bits per heavy atom. The van der Waals surface area contributed by atoms with E-state index >= 15 is 0 Å². The highest BCUT2D eigenvalue weighted by Gasteiger charge is 2.42. The fraction of sp³-hybridized carbons (Fsp3) is 0.500. The summed E-state index contributed by atoms with van der Waals surface area (Å²) in [5.41, 5.74) is 4.34. The van der Waals surface area contributed by atoms with Crippen molar-refractivity contribution in [3.05, 3.63) is 101 Å². The minimum Gasteiger partial charge on any atom is -0.463 e. The fourth-order valence-corrected chi connectivity index (χ4v) is 8.45. The van der Waals surface area contributed by atoms with Crippen molar-refractivity contribution in [1.29, 1.82) is 0 Å². The van der Waals surface area contributed by atoms with Crippen LogP contribution in [0.3, 0.4) is 0 Å². The maximum Gasteiger partial charge on any atom is 0.407 e. The minimum atomic E-state index is -0.986. The Morgan fingerprint density at radius 1 is 0.727 bits per heavy atom. The standard InChI is InChI=1S/C52H72N6O8/c1-15-65-49(63)32(6)27-41(30(2)3)58(14)48(62)44(51(8,9)10)57-47(61)43(53-13)52(11,12)34-21-20-22-35(28-34)55-45(59)33(7)54-46(60)42(31(4)5)56-50(64)66-29-40-38-25-18-16-23-36(38)37-24-17-19-26-39(37)40/h16-28,30-31,33,40-44,53H,15,29H2,1-14H3,(H,54,60)(H,55,59)(H,56,64)(H,57,61)/b32-27+/t33-,41+,42-,43?,44+/m0/s1. The number of carbonyl (C=O) groups excluding carboxylic acids is 6. The minimum absolute atomic E-state index is 0.0497. The zero-order valence-electron chi connectivity index (χ0n) is 41.3. The molecule has 0 heterocycles. The van der Waals surface area contributed by atoms with Crippen LogP contribution in [0.1, 0.15) is 106 Å². The second-order valence-corrected chi connectivity index (χ2v) is 19.5. The number of fused-ring (bicyclic) bond motifs is 3. The molecule has 3 aromatic carbocycles. The molecule has 4 rings (SSSR count). The molecule has 0 aliphatic heterocycles. The zero-order valence-corrected chi connectivity index (χ0v) is 41.3. The van der Waals surface area contributed by atoms with Crippen molar-refractivity contribution in [2.24, 2.45) is 17.3 Å². The van der Waals surface area contributed by atoms with Crippen LogP contribution >= 0.6 is 0 Å². The first kappa shape index (κ1) is 52.6. The number of hydrogen-bond acceptors (Lipinski definition) is 9. The molecule has 1 aliphatic carbocycles. The molecule has 3 aromatic rings. The number of nitrogens with zero attached hydrogens (tertiary/aromatic N) is 1. The Labute approximate surface area is 391 Å². The van der Waals surface area contributed by atoms with Gasteiger partial charge in [-0.2, -0.15) is 0 Å². The number of alkyl carbamates (subject to hydrolysis) is 1. The van der Waals surface area contributed by atoms with Crippen molar-refractivity contribution < 1.29 is 38.2 Å². The highest BCUT2D eigenvalue weighted by atomic mass is 16.5. The highest BCUT2D eigenvalue weighted by Crippen LogP contribution is 2.44. The van der Waals surface area contributed by atoms with Gasteiger partial charge in [-0.1, -0.05) is 129 Å². The largest absolute Gasteiger partial charge is 0.463 e. The molecular formula is C52H72N6O8. The van der Waals surface area contributed by atoms with Crippen molar-refractivity contribution in [2.45, 2.75) is 125 Å². The molecule has 358 valence electrons. The van der Waals surface area contributed by atoms with Crippen LogP contribution in [-0.2, 0) is 38.9 Å². The normalized spacial score (nSPS) is 15.1. The lowest BCUT2D eigenvalue weighted by Gasteiger charge is -2.40. The predicted octanol–water partition coefficient (Wildman–Crippen LogP) is 7.08. The van der Waals surface area contributed by atoms with Crippen molar-refractivity contribution in [3.63, 3.8) is 0 Å². The van der Waals surface area contributed by atoms with E-state index in [1.54, 1.807) is 77.9 Å². The van der Waals surface area contributed by atoms with Gasteiger partial charge in [0, 0.05) is 29.6 Å². The number of likely N-dealkylation sites (N-methyl/N-ethyl adjacent to an activating group) is 2. The molecule has 0 bridgehead atoms. The summed E-state index contributed by atoms with van der Waals surface area (Å²) in [7, 11) is 3.35. The average molecular weight is 909 g/mol. The molecule has 0 saturated heterocycles. The summed E-state index contributed by atoms with van der Waals surface area (Å²) in [6.45, 7) is 22.2. The van der Waals surface area contributed by atoms with Crippen LogP contribution in [-0.4, -0.2) is 98.1 Å². The number of ether oxygens (including phenoxy) is 2. The number of anilines is 1. The molecule has 0 saturated carbocycles. The number of esters is 1. The Balaban J connectivity index is 1.41. The van der Waals surface area contributed by atoms with Gasteiger partial charge in [0.05, 0.1) is 18.7 Å². The first-order chi connectivity index (χ1) is 30.9. The number of amides is 5. The molecule has 1 unspecified atom stereocenters. The Morgan fingerprint density at radius 3 is 1.85 bits per heavy atom.